The van der Waals surface area contributed by atoms with Crippen molar-refractivity contribution in [2.24, 2.45) is 5.92 Å². The molecule has 2 heterocycles. The second-order valence-electron chi connectivity index (χ2n) is 5.70. The minimum absolute atomic E-state index is 0.0543. The minimum atomic E-state index is -0.0543. The van der Waals surface area contributed by atoms with Crippen LogP contribution in [0.5, 0.6) is 0 Å². The fraction of sp³-hybridized carbons (Fsp3) is 0.923. The Morgan fingerprint density at radius 2 is 2.28 bits per heavy atom. The highest BCUT2D eigenvalue weighted by molar-refractivity contribution is 5.82. The molecule has 2 fully saturated rings. The Bertz CT molecular complexity index is 276. The monoisotopic (exact) mass is 254 g/mol. The molecule has 0 aliphatic carbocycles. The summed E-state index contributed by atoms with van der Waals surface area (Å²) in [4.78, 5) is 14.4. The zero-order valence-corrected chi connectivity index (χ0v) is 11.5. The molecule has 2 saturated heterocycles. The number of likely N-dealkylation sites (tertiary alicyclic amines) is 1. The third kappa shape index (κ3) is 3.67. The van der Waals surface area contributed by atoms with Crippen LogP contribution < -0.4 is 16.0 Å². The number of nitrogens with zero attached hydrogens (tertiary/aromatic N) is 1. The predicted molar refractivity (Wildman–Crippen MR) is 72.5 cm³/mol. The molecular weight excluding hydrogens is 228 g/mol. The highest BCUT2D eigenvalue weighted by atomic mass is 16.2. The minimum Gasteiger partial charge on any atom is -0.354 e. The van der Waals surface area contributed by atoms with Crippen molar-refractivity contribution < 1.29 is 4.79 Å². The van der Waals surface area contributed by atoms with Crippen LogP contribution in [0.1, 0.15) is 20.3 Å². The second-order valence-corrected chi connectivity index (χ2v) is 5.70. The summed E-state index contributed by atoms with van der Waals surface area (Å²) in [5.41, 5.74) is 0. The molecule has 3 N–H and O–H groups in total. The first-order chi connectivity index (χ1) is 8.66. The molecule has 18 heavy (non-hydrogen) atoms. The van der Waals surface area contributed by atoms with Gasteiger partial charge in [-0.3, -0.25) is 4.79 Å². The normalized spacial score (nSPS) is 29.7. The van der Waals surface area contributed by atoms with E-state index in [4.69, 9.17) is 0 Å². The smallest absolute Gasteiger partial charge is 0.238 e. The van der Waals surface area contributed by atoms with E-state index in [-0.39, 0.29) is 11.9 Å². The maximum Gasteiger partial charge on any atom is 0.238 e. The summed E-state index contributed by atoms with van der Waals surface area (Å²) in [6, 6.07) is 0.566. The Balaban J connectivity index is 1.67. The fourth-order valence-electron chi connectivity index (χ4n) is 2.71. The molecule has 2 aliphatic heterocycles. The third-order valence-corrected chi connectivity index (χ3v) is 3.97. The van der Waals surface area contributed by atoms with Gasteiger partial charge in [0.15, 0.2) is 0 Å². The van der Waals surface area contributed by atoms with Crippen molar-refractivity contribution in [2.75, 3.05) is 39.3 Å². The van der Waals surface area contributed by atoms with Crippen LogP contribution in [-0.4, -0.2) is 62.2 Å². The molecule has 0 aromatic carbocycles. The summed E-state index contributed by atoms with van der Waals surface area (Å²) < 4.78 is 0. The van der Waals surface area contributed by atoms with Gasteiger partial charge in [-0.2, -0.15) is 0 Å². The molecule has 2 aliphatic rings. The Kier molecular flexibility index (Phi) is 4.97. The van der Waals surface area contributed by atoms with Crippen molar-refractivity contribution in [1.29, 1.82) is 0 Å². The predicted octanol–water partition coefficient (Wildman–Crippen LogP) is -0.606. The van der Waals surface area contributed by atoms with Gasteiger partial charge in [-0.05, 0) is 32.7 Å². The largest absolute Gasteiger partial charge is 0.354 e. The van der Waals surface area contributed by atoms with E-state index in [9.17, 15) is 4.79 Å². The van der Waals surface area contributed by atoms with Crippen molar-refractivity contribution >= 4 is 5.91 Å². The van der Waals surface area contributed by atoms with Gasteiger partial charge in [-0.1, -0.05) is 0 Å². The molecule has 0 aromatic rings. The van der Waals surface area contributed by atoms with Gasteiger partial charge >= 0.3 is 0 Å². The van der Waals surface area contributed by atoms with Crippen LogP contribution >= 0.6 is 0 Å². The Labute approximate surface area is 110 Å². The van der Waals surface area contributed by atoms with Gasteiger partial charge in [0.2, 0.25) is 5.91 Å². The van der Waals surface area contributed by atoms with E-state index in [0.29, 0.717) is 12.0 Å². The van der Waals surface area contributed by atoms with E-state index in [1.54, 1.807) is 0 Å². The Morgan fingerprint density at radius 1 is 1.44 bits per heavy atom. The topological polar surface area (TPSA) is 56.4 Å². The van der Waals surface area contributed by atoms with Gasteiger partial charge in [0.05, 0.1) is 6.04 Å². The van der Waals surface area contributed by atoms with E-state index in [0.717, 1.165) is 32.7 Å². The molecule has 0 aromatic heterocycles. The summed E-state index contributed by atoms with van der Waals surface area (Å²) in [5.74, 6) is 0.762. The molecule has 2 unspecified atom stereocenters. The zero-order valence-electron chi connectivity index (χ0n) is 11.5. The van der Waals surface area contributed by atoms with Gasteiger partial charge in [0, 0.05) is 38.8 Å². The summed E-state index contributed by atoms with van der Waals surface area (Å²) in [7, 11) is 0. The molecule has 1 amide bonds. The number of rotatable bonds is 4. The van der Waals surface area contributed by atoms with E-state index in [1.807, 2.05) is 0 Å². The van der Waals surface area contributed by atoms with Gasteiger partial charge < -0.3 is 20.9 Å². The number of piperazine rings is 1. The third-order valence-electron chi connectivity index (χ3n) is 3.97. The fourth-order valence-corrected chi connectivity index (χ4v) is 2.71. The number of hydrogen-bond donors (Lipinski definition) is 3. The second kappa shape index (κ2) is 6.50. The van der Waals surface area contributed by atoms with Crippen LogP contribution in [0.25, 0.3) is 0 Å². The molecule has 0 bridgehead atoms. The lowest BCUT2D eigenvalue weighted by molar-refractivity contribution is -0.123. The summed E-state index contributed by atoms with van der Waals surface area (Å²) in [5, 5.41) is 9.56. The van der Waals surface area contributed by atoms with Crippen LogP contribution in [0.2, 0.25) is 0 Å². The lowest BCUT2D eigenvalue weighted by atomic mass is 10.1. The number of carbonyl (C=O) groups excluding carboxylic acids is 1. The average Bonchev–Trinajstić information content (AvgIpc) is 2.86. The van der Waals surface area contributed by atoms with E-state index >= 15 is 0 Å². The van der Waals surface area contributed by atoms with Gasteiger partial charge in [0.25, 0.3) is 0 Å². The first-order valence-electron chi connectivity index (χ1n) is 7.12. The van der Waals surface area contributed by atoms with Crippen LogP contribution in [0, 0.1) is 5.92 Å². The van der Waals surface area contributed by atoms with E-state index in [2.05, 4.69) is 34.7 Å². The number of hydrogen-bond acceptors (Lipinski definition) is 4. The average molecular weight is 254 g/mol. The van der Waals surface area contributed by atoms with Crippen molar-refractivity contribution in [3.05, 3.63) is 0 Å². The molecule has 0 saturated carbocycles. The zero-order chi connectivity index (χ0) is 13.0. The summed E-state index contributed by atoms with van der Waals surface area (Å²) >= 11 is 0. The SMILES string of the molecule is CC(C)N1CCC(CNC(=O)C2CNCCN2)C1. The summed E-state index contributed by atoms with van der Waals surface area (Å²) in [6.07, 6.45) is 1.20. The van der Waals surface area contributed by atoms with Crippen molar-refractivity contribution in [3.8, 4) is 0 Å². The first-order valence-corrected chi connectivity index (χ1v) is 7.12. The highest BCUT2D eigenvalue weighted by Gasteiger charge is 2.26. The lowest BCUT2D eigenvalue weighted by Gasteiger charge is -2.24. The highest BCUT2D eigenvalue weighted by Crippen LogP contribution is 2.17. The first kappa shape index (κ1) is 13.8. The van der Waals surface area contributed by atoms with Crippen molar-refractivity contribution in [1.82, 2.24) is 20.9 Å². The Hall–Kier alpha value is -0.650. The molecule has 104 valence electrons. The molecule has 5 nitrogen and oxygen atoms in total. The molecule has 5 heteroatoms. The number of amides is 1. The van der Waals surface area contributed by atoms with Gasteiger partial charge in [-0.15, -0.1) is 0 Å². The quantitative estimate of drug-likeness (QED) is 0.627. The number of carbonyl (C=O) groups is 1. The van der Waals surface area contributed by atoms with Gasteiger partial charge in [0.1, 0.15) is 0 Å². The molecule has 0 radical (unpaired) electrons. The molecular formula is C13H26N4O. The van der Waals surface area contributed by atoms with Crippen molar-refractivity contribution in [2.45, 2.75) is 32.4 Å². The van der Waals surface area contributed by atoms with Crippen molar-refractivity contribution in [3.63, 3.8) is 0 Å². The molecule has 2 atom stereocenters. The molecule has 0 spiro atoms. The summed E-state index contributed by atoms with van der Waals surface area (Å²) in [6.45, 7) is 10.2. The van der Waals surface area contributed by atoms with Crippen LogP contribution in [0.4, 0.5) is 0 Å². The molecule has 2 rings (SSSR count). The standard InChI is InChI=1S/C13H26N4O/c1-10(2)17-6-3-11(9-17)7-16-13(18)12-8-14-4-5-15-12/h10-12,14-15H,3-9H2,1-2H3,(H,16,18). The van der Waals surface area contributed by atoms with E-state index < -0.39 is 0 Å². The van der Waals surface area contributed by atoms with E-state index in [1.165, 1.54) is 13.0 Å². The maximum atomic E-state index is 11.9. The maximum absolute atomic E-state index is 11.9. The Morgan fingerprint density at radius 3 is 2.89 bits per heavy atom. The number of nitrogens with one attached hydrogen (secondary N) is 3. The lowest BCUT2D eigenvalue weighted by Crippen LogP contribution is -2.56. The van der Waals surface area contributed by atoms with Crippen LogP contribution in [-0.2, 0) is 4.79 Å². The van der Waals surface area contributed by atoms with Crippen LogP contribution in [0.15, 0.2) is 0 Å². The van der Waals surface area contributed by atoms with Crippen LogP contribution in [0.3, 0.4) is 0 Å². The van der Waals surface area contributed by atoms with Gasteiger partial charge in [-0.25, -0.2) is 0 Å².